The van der Waals surface area contributed by atoms with Crippen LogP contribution >= 0.6 is 0 Å². The smallest absolute Gasteiger partial charge is 0.395 e. The van der Waals surface area contributed by atoms with E-state index in [-0.39, 0.29) is 34.0 Å². The molecule has 0 heterocycles. The molecule has 45 heavy (non-hydrogen) atoms. The number of esters is 1. The lowest BCUT2D eigenvalue weighted by Crippen LogP contribution is -2.33. The van der Waals surface area contributed by atoms with Crippen LogP contribution in [-0.4, -0.2) is 65.9 Å². The van der Waals surface area contributed by atoms with E-state index in [0.717, 1.165) is 48.2 Å². The number of fused-ring (bicyclic) bond motifs is 1. The summed E-state index contributed by atoms with van der Waals surface area (Å²) in [6.45, 7) is 1.86. The molecule has 0 spiro atoms. The Morgan fingerprint density at radius 3 is 2.22 bits per heavy atom. The Kier molecular flexibility index (Phi) is 11.1. The minimum absolute atomic E-state index is 0.00458. The number of carboxylic acid groups (broad SMARTS) is 2. The average molecular weight is 615 g/mol. The molecule has 234 valence electrons. The monoisotopic (exact) mass is 614 g/mol. The molecule has 0 unspecified atom stereocenters. The number of rotatable bonds is 14. The highest BCUT2D eigenvalue weighted by Crippen LogP contribution is 2.36. The number of amides is 1. The van der Waals surface area contributed by atoms with Crippen molar-refractivity contribution in [1.82, 2.24) is 5.32 Å². The van der Waals surface area contributed by atoms with E-state index in [4.69, 9.17) is 9.47 Å². The first-order chi connectivity index (χ1) is 21.7. The third-order valence-corrected chi connectivity index (χ3v) is 7.19. The van der Waals surface area contributed by atoms with Gasteiger partial charge in [-0.25, -0.2) is 14.4 Å². The topological polar surface area (TPSA) is 163 Å². The van der Waals surface area contributed by atoms with Crippen LogP contribution in [0.25, 0.3) is 10.8 Å². The predicted octanol–water partition coefficient (Wildman–Crippen LogP) is 5.16. The maximum Gasteiger partial charge on any atom is 0.395 e. The Balaban J connectivity index is 1.36. The number of carbonyl (C=O) groups excluding carboxylic acids is 2. The van der Waals surface area contributed by atoms with E-state index in [1.165, 1.54) is 31.4 Å². The van der Waals surface area contributed by atoms with Crippen LogP contribution in [0, 0.1) is 0 Å². The highest BCUT2D eigenvalue weighted by atomic mass is 16.5. The summed E-state index contributed by atoms with van der Waals surface area (Å²) in [7, 11) is 1.24. The van der Waals surface area contributed by atoms with Gasteiger partial charge in [0.05, 0.1) is 30.7 Å². The fourth-order valence-corrected chi connectivity index (χ4v) is 5.06. The number of ether oxygens (including phenoxy) is 2. The van der Waals surface area contributed by atoms with Crippen molar-refractivity contribution < 1.29 is 44.0 Å². The van der Waals surface area contributed by atoms with E-state index in [1.807, 2.05) is 18.2 Å². The van der Waals surface area contributed by atoms with E-state index in [0.29, 0.717) is 18.4 Å². The van der Waals surface area contributed by atoms with Crippen LogP contribution in [0.3, 0.4) is 0 Å². The number of aryl methyl sites for hydroxylation is 1. The van der Waals surface area contributed by atoms with Crippen molar-refractivity contribution in [3.05, 3.63) is 95.6 Å². The number of methoxy groups -OCH3 is 1. The zero-order valence-corrected chi connectivity index (χ0v) is 24.7. The molecule has 0 aliphatic rings. The molecule has 4 aromatic rings. The largest absolute Gasteiger partial charge is 0.507 e. The lowest BCUT2D eigenvalue weighted by atomic mass is 9.98. The second-order valence-electron chi connectivity index (χ2n) is 10.1. The molecule has 0 radical (unpaired) electrons. The van der Waals surface area contributed by atoms with Gasteiger partial charge in [-0.3, -0.25) is 9.69 Å². The Labute approximate surface area is 259 Å². The van der Waals surface area contributed by atoms with Crippen molar-refractivity contribution in [1.29, 1.82) is 0 Å². The SMILES string of the molecule is COC(=O)c1c(O)cccc1OCCCCNCCCc1ccc(N(C(=O)C(=O)O)c2ccccc2C(=O)O)c2ccccc12. The van der Waals surface area contributed by atoms with Gasteiger partial charge in [-0.1, -0.05) is 48.5 Å². The maximum absolute atomic E-state index is 12.9. The molecule has 11 nitrogen and oxygen atoms in total. The summed E-state index contributed by atoms with van der Waals surface area (Å²) < 4.78 is 10.4. The highest BCUT2D eigenvalue weighted by Gasteiger charge is 2.29. The number of nitrogens with one attached hydrogen (secondary N) is 1. The number of nitrogens with zero attached hydrogens (tertiary/aromatic N) is 1. The second-order valence-corrected chi connectivity index (χ2v) is 10.1. The van der Waals surface area contributed by atoms with Gasteiger partial charge in [0.1, 0.15) is 17.1 Å². The molecule has 4 N–H and O–H groups in total. The van der Waals surface area contributed by atoms with Gasteiger partial charge in [-0.2, -0.15) is 0 Å². The minimum atomic E-state index is -1.70. The zero-order valence-electron chi connectivity index (χ0n) is 24.7. The molecule has 11 heteroatoms. The van der Waals surface area contributed by atoms with Gasteiger partial charge in [0.15, 0.2) is 0 Å². The number of unbranched alkanes of at least 4 members (excludes halogenated alkanes) is 1. The van der Waals surface area contributed by atoms with Crippen molar-refractivity contribution in [3.63, 3.8) is 0 Å². The average Bonchev–Trinajstić information content (AvgIpc) is 3.04. The van der Waals surface area contributed by atoms with E-state index in [1.54, 1.807) is 36.4 Å². The zero-order chi connectivity index (χ0) is 32.3. The Bertz CT molecular complexity index is 1700. The summed E-state index contributed by atoms with van der Waals surface area (Å²) in [5, 5.41) is 34.1. The molecular weight excluding hydrogens is 580 g/mol. The maximum atomic E-state index is 12.9. The van der Waals surface area contributed by atoms with Crippen molar-refractivity contribution >= 4 is 46.0 Å². The van der Waals surface area contributed by atoms with E-state index >= 15 is 0 Å². The number of phenolic OH excluding ortho intramolecular Hbond substituents is 1. The van der Waals surface area contributed by atoms with Crippen molar-refractivity contribution in [2.75, 3.05) is 31.7 Å². The van der Waals surface area contributed by atoms with Gasteiger partial charge >= 0.3 is 23.8 Å². The molecule has 4 rings (SSSR count). The number of aliphatic carboxylic acids is 1. The summed E-state index contributed by atoms with van der Waals surface area (Å²) in [6, 6.07) is 21.2. The number of aromatic hydroxyl groups is 1. The number of para-hydroxylation sites is 1. The molecule has 0 atom stereocenters. The van der Waals surface area contributed by atoms with Crippen LogP contribution < -0.4 is 15.0 Å². The summed E-state index contributed by atoms with van der Waals surface area (Å²) in [5.74, 6) is -4.83. The summed E-state index contributed by atoms with van der Waals surface area (Å²) >= 11 is 0. The van der Waals surface area contributed by atoms with Crippen LogP contribution in [0.5, 0.6) is 11.5 Å². The van der Waals surface area contributed by atoms with Crippen molar-refractivity contribution in [2.45, 2.75) is 25.7 Å². The van der Waals surface area contributed by atoms with Gasteiger partial charge in [0.2, 0.25) is 0 Å². The molecule has 0 bridgehead atoms. The Morgan fingerprint density at radius 1 is 0.778 bits per heavy atom. The highest BCUT2D eigenvalue weighted by molar-refractivity contribution is 6.40. The molecule has 0 saturated heterocycles. The summed E-state index contributed by atoms with van der Waals surface area (Å²) in [4.78, 5) is 49.5. The van der Waals surface area contributed by atoms with Crippen molar-refractivity contribution in [2.24, 2.45) is 0 Å². The van der Waals surface area contributed by atoms with Crippen LogP contribution in [0.4, 0.5) is 11.4 Å². The molecule has 1 amide bonds. The number of anilines is 2. The number of hydrogen-bond acceptors (Lipinski definition) is 8. The second kappa shape index (κ2) is 15.3. The summed E-state index contributed by atoms with van der Waals surface area (Å²) in [6.07, 6.45) is 3.08. The minimum Gasteiger partial charge on any atom is -0.507 e. The van der Waals surface area contributed by atoms with E-state index < -0.39 is 23.8 Å². The molecule has 0 fully saturated rings. The Hall–Kier alpha value is -5.42. The van der Waals surface area contributed by atoms with E-state index in [9.17, 15) is 34.5 Å². The van der Waals surface area contributed by atoms with E-state index in [2.05, 4.69) is 5.32 Å². The van der Waals surface area contributed by atoms with Crippen LogP contribution in [0.2, 0.25) is 0 Å². The molecular formula is C34H34N2O9. The predicted molar refractivity (Wildman–Crippen MR) is 167 cm³/mol. The van der Waals surface area contributed by atoms with Crippen LogP contribution in [0.1, 0.15) is 45.5 Å². The third kappa shape index (κ3) is 7.76. The van der Waals surface area contributed by atoms with Crippen molar-refractivity contribution in [3.8, 4) is 11.5 Å². The Morgan fingerprint density at radius 2 is 1.49 bits per heavy atom. The van der Waals surface area contributed by atoms with Gasteiger partial charge < -0.3 is 30.1 Å². The lowest BCUT2D eigenvalue weighted by molar-refractivity contribution is -0.148. The lowest BCUT2D eigenvalue weighted by Gasteiger charge is -2.25. The van der Waals surface area contributed by atoms with Crippen LogP contribution in [0.15, 0.2) is 78.9 Å². The number of phenols is 1. The fourth-order valence-electron chi connectivity index (χ4n) is 5.06. The molecule has 0 aliphatic heterocycles. The first-order valence-corrected chi connectivity index (χ1v) is 14.4. The molecule has 0 aliphatic carbocycles. The van der Waals surface area contributed by atoms with Gasteiger partial charge in [0, 0.05) is 5.39 Å². The number of aromatic carboxylic acids is 1. The summed E-state index contributed by atoms with van der Waals surface area (Å²) in [5.41, 5.74) is 1.07. The molecule has 0 aromatic heterocycles. The fraction of sp³-hybridized carbons (Fsp3) is 0.235. The molecule has 0 saturated carbocycles. The normalized spacial score (nSPS) is 10.8. The first-order valence-electron chi connectivity index (χ1n) is 14.4. The first kappa shape index (κ1) is 32.5. The van der Waals surface area contributed by atoms with Gasteiger partial charge in [-0.15, -0.1) is 0 Å². The van der Waals surface area contributed by atoms with Crippen LogP contribution in [-0.2, 0) is 20.7 Å². The number of benzene rings is 4. The standard InChI is InChI=1S/C34H34N2O9/c1-44-34(43)30-28(37)15-8-16-29(30)45-21-7-6-19-35-20-9-10-22-17-18-27(24-12-3-2-11-23(22)24)36(31(38)33(41)42)26-14-5-4-13-25(26)32(39)40/h2-5,8,11-18,35,37H,6-7,9-10,19-21H2,1H3,(H,39,40)(H,41,42). The number of hydrogen-bond donors (Lipinski definition) is 4. The number of carboxylic acids is 2. The number of carbonyl (C=O) groups is 4. The van der Waals surface area contributed by atoms with Gasteiger partial charge in [-0.05, 0) is 80.1 Å². The van der Waals surface area contributed by atoms with Gasteiger partial charge in [0.25, 0.3) is 0 Å². The third-order valence-electron chi connectivity index (χ3n) is 7.19. The quantitative estimate of drug-likeness (QED) is 0.0848. The molecule has 4 aromatic carbocycles.